The summed E-state index contributed by atoms with van der Waals surface area (Å²) >= 11 is 3.78. The van der Waals surface area contributed by atoms with Crippen LogP contribution in [0.3, 0.4) is 0 Å². The average molecular weight is 308 g/mol. The molecular formula is C9H9IO2S. The van der Waals surface area contributed by atoms with Crippen molar-refractivity contribution in [2.75, 3.05) is 13.4 Å². The Bertz CT molecular complexity index is 325. The minimum atomic E-state index is -0.277. The summed E-state index contributed by atoms with van der Waals surface area (Å²) in [5.74, 6) is -0.277. The maximum Gasteiger partial charge on any atom is 0.338 e. The minimum Gasteiger partial charge on any atom is -0.465 e. The summed E-state index contributed by atoms with van der Waals surface area (Å²) in [7, 11) is 1.39. The number of carbonyl (C=O) groups excluding carboxylic acids is 1. The molecule has 1 rings (SSSR count). The number of carbonyl (C=O) groups is 1. The zero-order valence-corrected chi connectivity index (χ0v) is 10.3. The third-order valence-corrected chi connectivity index (χ3v) is 3.90. The fourth-order valence-electron chi connectivity index (χ4n) is 0.936. The second-order valence-corrected chi connectivity index (χ2v) is 4.24. The van der Waals surface area contributed by atoms with Crippen molar-refractivity contribution in [1.29, 1.82) is 0 Å². The number of benzene rings is 1. The number of methoxy groups -OCH3 is 1. The highest BCUT2D eigenvalue weighted by Crippen LogP contribution is 2.25. The van der Waals surface area contributed by atoms with Gasteiger partial charge in [-0.05, 0) is 41.0 Å². The molecule has 0 aromatic heterocycles. The van der Waals surface area contributed by atoms with Gasteiger partial charge in [0, 0.05) is 8.47 Å². The van der Waals surface area contributed by atoms with Crippen LogP contribution in [-0.4, -0.2) is 19.3 Å². The summed E-state index contributed by atoms with van der Waals surface area (Å²) in [5, 5.41) is 0. The number of halogens is 1. The SMILES string of the molecule is COC(=O)c1cccc(SC)c1I. The lowest BCUT2D eigenvalue weighted by atomic mass is 10.2. The van der Waals surface area contributed by atoms with E-state index in [-0.39, 0.29) is 5.97 Å². The molecule has 1 aromatic carbocycles. The van der Waals surface area contributed by atoms with Crippen molar-refractivity contribution >= 4 is 40.3 Å². The summed E-state index contributed by atoms with van der Waals surface area (Å²) in [6.07, 6.45) is 1.98. The van der Waals surface area contributed by atoms with Crippen LogP contribution in [0.15, 0.2) is 23.1 Å². The number of esters is 1. The van der Waals surface area contributed by atoms with Crippen LogP contribution in [0, 0.1) is 3.57 Å². The molecule has 0 bridgehead atoms. The van der Waals surface area contributed by atoms with Gasteiger partial charge in [0.15, 0.2) is 0 Å². The van der Waals surface area contributed by atoms with Crippen molar-refractivity contribution in [2.24, 2.45) is 0 Å². The van der Waals surface area contributed by atoms with Crippen LogP contribution in [-0.2, 0) is 4.74 Å². The van der Waals surface area contributed by atoms with Crippen molar-refractivity contribution in [3.63, 3.8) is 0 Å². The molecule has 1 aromatic rings. The second-order valence-electron chi connectivity index (χ2n) is 2.31. The number of ether oxygens (including phenoxy) is 1. The van der Waals surface area contributed by atoms with Gasteiger partial charge in [0.1, 0.15) is 0 Å². The average Bonchev–Trinajstić information content (AvgIpc) is 2.17. The molecule has 0 unspecified atom stereocenters. The first-order valence-corrected chi connectivity index (χ1v) is 5.92. The molecule has 0 radical (unpaired) electrons. The molecule has 4 heteroatoms. The maximum absolute atomic E-state index is 11.3. The normalized spacial score (nSPS) is 9.77. The van der Waals surface area contributed by atoms with Gasteiger partial charge in [0.05, 0.1) is 12.7 Å². The van der Waals surface area contributed by atoms with Gasteiger partial charge in [0.25, 0.3) is 0 Å². The largest absolute Gasteiger partial charge is 0.465 e. The zero-order valence-electron chi connectivity index (χ0n) is 7.33. The van der Waals surface area contributed by atoms with E-state index in [1.807, 2.05) is 18.4 Å². The van der Waals surface area contributed by atoms with Gasteiger partial charge in [-0.15, -0.1) is 11.8 Å². The molecule has 0 aliphatic heterocycles. The van der Waals surface area contributed by atoms with Crippen LogP contribution in [0.4, 0.5) is 0 Å². The molecular weight excluding hydrogens is 299 g/mol. The maximum atomic E-state index is 11.3. The molecule has 0 fully saturated rings. The Balaban J connectivity index is 3.15. The first-order chi connectivity index (χ1) is 6.20. The Labute approximate surface area is 95.2 Å². The molecule has 0 saturated heterocycles. The highest BCUT2D eigenvalue weighted by molar-refractivity contribution is 14.1. The lowest BCUT2D eigenvalue weighted by Crippen LogP contribution is -2.04. The van der Waals surface area contributed by atoms with E-state index < -0.39 is 0 Å². The van der Waals surface area contributed by atoms with E-state index in [4.69, 9.17) is 0 Å². The molecule has 13 heavy (non-hydrogen) atoms. The van der Waals surface area contributed by atoms with Gasteiger partial charge >= 0.3 is 5.97 Å². The van der Waals surface area contributed by atoms with Gasteiger partial charge in [-0.1, -0.05) is 6.07 Å². The third-order valence-electron chi connectivity index (χ3n) is 1.59. The van der Waals surface area contributed by atoms with Gasteiger partial charge in [-0.25, -0.2) is 4.79 Å². The lowest BCUT2D eigenvalue weighted by molar-refractivity contribution is 0.0599. The molecule has 0 heterocycles. The van der Waals surface area contributed by atoms with Crippen molar-refractivity contribution in [3.8, 4) is 0 Å². The van der Waals surface area contributed by atoms with E-state index in [9.17, 15) is 4.79 Å². The summed E-state index contributed by atoms with van der Waals surface area (Å²) in [6, 6.07) is 5.62. The number of thioether (sulfide) groups is 1. The predicted molar refractivity (Wildman–Crippen MR) is 62.3 cm³/mol. The Morgan fingerprint density at radius 1 is 1.54 bits per heavy atom. The van der Waals surface area contributed by atoms with E-state index in [1.54, 1.807) is 17.8 Å². The van der Waals surface area contributed by atoms with E-state index in [2.05, 4.69) is 27.3 Å². The molecule has 0 aliphatic carbocycles. The van der Waals surface area contributed by atoms with Crippen molar-refractivity contribution in [3.05, 3.63) is 27.3 Å². The lowest BCUT2D eigenvalue weighted by Gasteiger charge is -2.05. The summed E-state index contributed by atoms with van der Waals surface area (Å²) in [4.78, 5) is 12.4. The van der Waals surface area contributed by atoms with E-state index in [0.29, 0.717) is 5.56 Å². The first kappa shape index (κ1) is 10.8. The highest BCUT2D eigenvalue weighted by atomic mass is 127. The Morgan fingerprint density at radius 3 is 2.77 bits per heavy atom. The topological polar surface area (TPSA) is 26.3 Å². The third kappa shape index (κ3) is 2.37. The molecule has 0 amide bonds. The predicted octanol–water partition coefficient (Wildman–Crippen LogP) is 2.80. The summed E-state index contributed by atoms with van der Waals surface area (Å²) < 4.78 is 5.62. The van der Waals surface area contributed by atoms with E-state index in [1.165, 1.54) is 7.11 Å². The summed E-state index contributed by atoms with van der Waals surface area (Å²) in [5.41, 5.74) is 0.634. The fourth-order valence-corrected chi connectivity index (χ4v) is 2.68. The molecule has 70 valence electrons. The molecule has 0 saturated carbocycles. The van der Waals surface area contributed by atoms with Crippen molar-refractivity contribution in [1.82, 2.24) is 0 Å². The molecule has 0 spiro atoms. The first-order valence-electron chi connectivity index (χ1n) is 3.61. The second kappa shape index (κ2) is 4.85. The minimum absolute atomic E-state index is 0.277. The van der Waals surface area contributed by atoms with Gasteiger partial charge in [-0.2, -0.15) is 0 Å². The Hall–Kier alpha value is -0.230. The Kier molecular flexibility index (Phi) is 4.05. The van der Waals surface area contributed by atoms with Crippen LogP contribution in [0.1, 0.15) is 10.4 Å². The van der Waals surface area contributed by atoms with Crippen LogP contribution in [0.5, 0.6) is 0 Å². The molecule has 0 aliphatic rings. The van der Waals surface area contributed by atoms with Gasteiger partial charge < -0.3 is 4.74 Å². The monoisotopic (exact) mass is 308 g/mol. The molecule has 2 nitrogen and oxygen atoms in total. The Morgan fingerprint density at radius 2 is 2.23 bits per heavy atom. The number of hydrogen-bond donors (Lipinski definition) is 0. The summed E-state index contributed by atoms with van der Waals surface area (Å²) in [6.45, 7) is 0. The van der Waals surface area contributed by atoms with Crippen molar-refractivity contribution < 1.29 is 9.53 Å². The van der Waals surface area contributed by atoms with Crippen molar-refractivity contribution in [2.45, 2.75) is 4.90 Å². The quantitative estimate of drug-likeness (QED) is 0.477. The van der Waals surface area contributed by atoms with E-state index in [0.717, 1.165) is 8.47 Å². The van der Waals surface area contributed by atoms with Crippen LogP contribution in [0.25, 0.3) is 0 Å². The van der Waals surface area contributed by atoms with E-state index >= 15 is 0 Å². The number of rotatable bonds is 2. The van der Waals surface area contributed by atoms with Gasteiger partial charge in [0.2, 0.25) is 0 Å². The highest BCUT2D eigenvalue weighted by Gasteiger charge is 2.11. The smallest absolute Gasteiger partial charge is 0.338 e. The van der Waals surface area contributed by atoms with Crippen LogP contribution < -0.4 is 0 Å². The fraction of sp³-hybridized carbons (Fsp3) is 0.222. The van der Waals surface area contributed by atoms with Crippen LogP contribution in [0.2, 0.25) is 0 Å². The molecule has 0 N–H and O–H groups in total. The molecule has 0 atom stereocenters. The standard InChI is InChI=1S/C9H9IO2S/c1-12-9(11)6-4-3-5-7(13-2)8(6)10/h3-5H,1-2H3. The number of hydrogen-bond acceptors (Lipinski definition) is 3. The zero-order chi connectivity index (χ0) is 9.84. The van der Waals surface area contributed by atoms with Gasteiger partial charge in [-0.3, -0.25) is 0 Å². The van der Waals surface area contributed by atoms with Crippen LogP contribution >= 0.6 is 34.4 Å².